The quantitative estimate of drug-likeness (QED) is 0.759. The average Bonchev–Trinajstić information content (AvgIpc) is 3.13. The fourth-order valence-corrected chi connectivity index (χ4v) is 1.77. The number of hydrogen-bond donors (Lipinski definition) is 1. The zero-order chi connectivity index (χ0) is 12.1. The Labute approximate surface area is 108 Å². The molecule has 1 aliphatic rings. The zero-order valence-electron chi connectivity index (χ0n) is 10.2. The van der Waals surface area contributed by atoms with E-state index in [1.54, 1.807) is 0 Å². The number of halogens is 1. The molecule has 1 N–H and O–H groups in total. The molecule has 4 heteroatoms. The van der Waals surface area contributed by atoms with Crippen LogP contribution in [-0.2, 0) is 6.54 Å². The molecule has 0 atom stereocenters. The molecular weight excluding hydrogens is 236 g/mol. The first-order valence-corrected chi connectivity index (χ1v) is 6.68. The predicted octanol–water partition coefficient (Wildman–Crippen LogP) is 3.17. The van der Waals surface area contributed by atoms with Gasteiger partial charge in [0.25, 0.3) is 0 Å². The van der Waals surface area contributed by atoms with Crippen LogP contribution in [0.15, 0.2) is 12.3 Å². The van der Waals surface area contributed by atoms with Crippen LogP contribution < -0.4 is 10.1 Å². The lowest BCUT2D eigenvalue weighted by Gasteiger charge is -2.08. The van der Waals surface area contributed by atoms with Crippen molar-refractivity contribution in [3.8, 4) is 5.88 Å². The molecule has 0 radical (unpaired) electrons. The summed E-state index contributed by atoms with van der Waals surface area (Å²) in [6, 6.07) is 2.64. The zero-order valence-corrected chi connectivity index (χ0v) is 11.0. The molecule has 1 aromatic rings. The fraction of sp³-hybridized carbons (Fsp3) is 0.615. The summed E-state index contributed by atoms with van der Waals surface area (Å²) in [5.74, 6) is 0.551. The van der Waals surface area contributed by atoms with Gasteiger partial charge in [0.05, 0.1) is 6.61 Å². The monoisotopic (exact) mass is 254 g/mol. The van der Waals surface area contributed by atoms with Gasteiger partial charge < -0.3 is 10.1 Å². The summed E-state index contributed by atoms with van der Waals surface area (Å²) in [6.07, 6.45) is 6.56. The number of ether oxygens (including phenoxy) is 1. The van der Waals surface area contributed by atoms with Crippen LogP contribution in [0.25, 0.3) is 0 Å². The van der Waals surface area contributed by atoms with E-state index < -0.39 is 0 Å². The lowest BCUT2D eigenvalue weighted by molar-refractivity contribution is 0.298. The van der Waals surface area contributed by atoms with Crippen molar-refractivity contribution in [2.75, 3.05) is 6.61 Å². The number of rotatable bonds is 7. The largest absolute Gasteiger partial charge is 0.477 e. The molecule has 1 aromatic heterocycles. The van der Waals surface area contributed by atoms with Crippen LogP contribution in [0.5, 0.6) is 5.88 Å². The molecule has 0 aliphatic heterocycles. The van der Waals surface area contributed by atoms with E-state index in [1.807, 2.05) is 12.3 Å². The summed E-state index contributed by atoms with van der Waals surface area (Å²) >= 11 is 6.12. The Morgan fingerprint density at radius 2 is 2.35 bits per heavy atom. The highest BCUT2D eigenvalue weighted by Gasteiger charge is 2.20. The smallest absolute Gasteiger partial charge is 0.232 e. The minimum Gasteiger partial charge on any atom is -0.477 e. The van der Waals surface area contributed by atoms with Crippen molar-refractivity contribution < 1.29 is 4.74 Å². The van der Waals surface area contributed by atoms with Crippen LogP contribution in [-0.4, -0.2) is 17.6 Å². The maximum atomic E-state index is 6.12. The second-order valence-corrected chi connectivity index (χ2v) is 4.89. The van der Waals surface area contributed by atoms with Crippen LogP contribution in [0.2, 0.25) is 5.02 Å². The Balaban J connectivity index is 1.85. The van der Waals surface area contributed by atoms with Crippen molar-refractivity contribution in [2.24, 2.45) is 0 Å². The number of unbranched alkanes of at least 4 members (excludes halogenated alkanes) is 1. The predicted molar refractivity (Wildman–Crippen MR) is 69.5 cm³/mol. The fourth-order valence-electron chi connectivity index (χ4n) is 1.53. The van der Waals surface area contributed by atoms with E-state index in [9.17, 15) is 0 Å². The molecule has 0 saturated heterocycles. The lowest BCUT2D eigenvalue weighted by atomic mass is 10.3. The molecule has 0 unspecified atom stereocenters. The molecule has 94 valence electrons. The van der Waals surface area contributed by atoms with Gasteiger partial charge in [-0.3, -0.25) is 0 Å². The van der Waals surface area contributed by atoms with Gasteiger partial charge in [-0.25, -0.2) is 4.98 Å². The van der Waals surface area contributed by atoms with Crippen molar-refractivity contribution in [1.29, 1.82) is 0 Å². The molecule has 1 aliphatic carbocycles. The third-order valence-corrected chi connectivity index (χ3v) is 3.04. The molecule has 2 rings (SSSR count). The van der Waals surface area contributed by atoms with Crippen LogP contribution in [0.3, 0.4) is 0 Å². The van der Waals surface area contributed by atoms with Crippen molar-refractivity contribution >= 4 is 11.6 Å². The topological polar surface area (TPSA) is 34.1 Å². The van der Waals surface area contributed by atoms with Gasteiger partial charge in [-0.1, -0.05) is 24.9 Å². The summed E-state index contributed by atoms with van der Waals surface area (Å²) in [7, 11) is 0. The number of pyridine rings is 1. The van der Waals surface area contributed by atoms with E-state index in [4.69, 9.17) is 16.3 Å². The van der Waals surface area contributed by atoms with E-state index in [0.717, 1.165) is 24.9 Å². The highest BCUT2D eigenvalue weighted by molar-refractivity contribution is 6.31. The Morgan fingerprint density at radius 3 is 3.00 bits per heavy atom. The Kier molecular flexibility index (Phi) is 4.63. The van der Waals surface area contributed by atoms with Crippen LogP contribution in [0, 0.1) is 0 Å². The van der Waals surface area contributed by atoms with E-state index >= 15 is 0 Å². The molecule has 1 saturated carbocycles. The van der Waals surface area contributed by atoms with Crippen molar-refractivity contribution in [3.63, 3.8) is 0 Å². The molecule has 1 heterocycles. The van der Waals surface area contributed by atoms with Crippen molar-refractivity contribution in [2.45, 2.75) is 45.2 Å². The van der Waals surface area contributed by atoms with Gasteiger partial charge in [0.2, 0.25) is 5.88 Å². The molecule has 17 heavy (non-hydrogen) atoms. The standard InChI is InChI=1S/C13H19ClN2O/c1-2-3-6-17-13-12(14)7-10(9-16-13)8-15-11-4-5-11/h7,9,11,15H,2-6,8H2,1H3. The normalized spacial score (nSPS) is 14.9. The minimum atomic E-state index is 0.551. The lowest BCUT2D eigenvalue weighted by Crippen LogP contribution is -2.15. The Hall–Kier alpha value is -0.800. The van der Waals surface area contributed by atoms with Crippen LogP contribution in [0.4, 0.5) is 0 Å². The molecule has 0 amide bonds. The third-order valence-electron chi connectivity index (χ3n) is 2.77. The van der Waals surface area contributed by atoms with Gasteiger partial charge in [0.15, 0.2) is 0 Å². The molecule has 0 aromatic carbocycles. The number of nitrogens with one attached hydrogen (secondary N) is 1. The summed E-state index contributed by atoms with van der Waals surface area (Å²) in [5.41, 5.74) is 1.12. The van der Waals surface area contributed by atoms with Gasteiger partial charge >= 0.3 is 0 Å². The Morgan fingerprint density at radius 1 is 1.53 bits per heavy atom. The van der Waals surface area contributed by atoms with Gasteiger partial charge in [0.1, 0.15) is 5.02 Å². The first kappa shape index (κ1) is 12.7. The van der Waals surface area contributed by atoms with Crippen molar-refractivity contribution in [1.82, 2.24) is 10.3 Å². The summed E-state index contributed by atoms with van der Waals surface area (Å²) < 4.78 is 5.51. The van der Waals surface area contributed by atoms with Gasteiger partial charge in [-0.05, 0) is 30.9 Å². The SMILES string of the molecule is CCCCOc1ncc(CNC2CC2)cc1Cl. The van der Waals surface area contributed by atoms with Crippen LogP contribution >= 0.6 is 11.6 Å². The van der Waals surface area contributed by atoms with E-state index in [2.05, 4.69) is 17.2 Å². The van der Waals surface area contributed by atoms with E-state index in [1.165, 1.54) is 12.8 Å². The summed E-state index contributed by atoms with van der Waals surface area (Å²) in [6.45, 7) is 3.65. The highest BCUT2D eigenvalue weighted by atomic mass is 35.5. The molecular formula is C13H19ClN2O. The maximum Gasteiger partial charge on any atom is 0.232 e. The maximum absolute atomic E-state index is 6.12. The van der Waals surface area contributed by atoms with Gasteiger partial charge in [-0.2, -0.15) is 0 Å². The Bertz CT molecular complexity index is 366. The van der Waals surface area contributed by atoms with Gasteiger partial charge in [-0.15, -0.1) is 0 Å². The first-order valence-electron chi connectivity index (χ1n) is 6.30. The second-order valence-electron chi connectivity index (χ2n) is 4.49. The second kappa shape index (κ2) is 6.22. The minimum absolute atomic E-state index is 0.551. The van der Waals surface area contributed by atoms with E-state index in [0.29, 0.717) is 23.6 Å². The average molecular weight is 255 g/mol. The molecule has 3 nitrogen and oxygen atoms in total. The van der Waals surface area contributed by atoms with Crippen molar-refractivity contribution in [3.05, 3.63) is 22.8 Å². The number of nitrogens with zero attached hydrogens (tertiary/aromatic N) is 1. The first-order chi connectivity index (χ1) is 8.29. The summed E-state index contributed by atoms with van der Waals surface area (Å²) in [4.78, 5) is 4.25. The highest BCUT2D eigenvalue weighted by Crippen LogP contribution is 2.24. The summed E-state index contributed by atoms with van der Waals surface area (Å²) in [5, 5.41) is 4.04. The molecule has 1 fully saturated rings. The number of aromatic nitrogens is 1. The third kappa shape index (κ3) is 4.17. The van der Waals surface area contributed by atoms with Crippen LogP contribution in [0.1, 0.15) is 38.2 Å². The number of hydrogen-bond acceptors (Lipinski definition) is 3. The van der Waals surface area contributed by atoms with E-state index in [-0.39, 0.29) is 0 Å². The molecule has 0 bridgehead atoms. The molecule has 0 spiro atoms. The van der Waals surface area contributed by atoms with Gasteiger partial charge in [0, 0.05) is 18.8 Å².